The molecule has 0 saturated heterocycles. The summed E-state index contributed by atoms with van der Waals surface area (Å²) in [5, 5.41) is 5.69. The predicted molar refractivity (Wildman–Crippen MR) is 113 cm³/mol. The van der Waals surface area contributed by atoms with Crippen LogP contribution in [0.3, 0.4) is 0 Å². The quantitative estimate of drug-likeness (QED) is 0.482. The largest absolute Gasteiger partial charge is 0.464 e. The van der Waals surface area contributed by atoms with Gasteiger partial charge in [-0.1, -0.05) is 36.4 Å². The van der Waals surface area contributed by atoms with E-state index in [0.29, 0.717) is 33.8 Å². The average molecular weight is 382 g/mol. The molecule has 4 rings (SSSR count). The second-order valence-corrected chi connectivity index (χ2v) is 6.42. The molecule has 0 bridgehead atoms. The smallest absolute Gasteiger partial charge is 0.255 e. The van der Waals surface area contributed by atoms with E-state index in [1.807, 2.05) is 36.4 Å². The molecular weight excluding hydrogens is 364 g/mol. The fraction of sp³-hybridized carbons (Fsp3) is 0. The fourth-order valence-electron chi connectivity index (χ4n) is 2.92. The van der Waals surface area contributed by atoms with E-state index in [-0.39, 0.29) is 11.8 Å². The molecule has 0 radical (unpaired) electrons. The minimum atomic E-state index is -0.307. The predicted octanol–water partition coefficient (Wildman–Crippen LogP) is 5.45. The lowest BCUT2D eigenvalue weighted by Gasteiger charge is -2.10. The van der Waals surface area contributed by atoms with E-state index in [9.17, 15) is 9.59 Å². The maximum Gasteiger partial charge on any atom is 0.255 e. The molecule has 2 N–H and O–H groups in total. The van der Waals surface area contributed by atoms with Gasteiger partial charge in [-0.25, -0.2) is 0 Å². The van der Waals surface area contributed by atoms with Crippen LogP contribution >= 0.6 is 0 Å². The topological polar surface area (TPSA) is 71.3 Å². The highest BCUT2D eigenvalue weighted by Crippen LogP contribution is 2.24. The summed E-state index contributed by atoms with van der Waals surface area (Å²) in [5.41, 5.74) is 2.73. The normalized spacial score (nSPS) is 10.3. The van der Waals surface area contributed by atoms with E-state index in [1.54, 1.807) is 60.9 Å². The minimum absolute atomic E-state index is 0.307. The molecule has 5 nitrogen and oxygen atoms in total. The number of hydrogen-bond donors (Lipinski definition) is 2. The standard InChI is InChI=1S/C24H18N2O3/c27-23(25-20-8-3-1-4-9-20)18-14-17(22-12-7-13-29-22)15-19(16-18)24(28)26-21-10-5-2-6-11-21/h1-16H,(H,25,27)(H,26,28). The summed E-state index contributed by atoms with van der Waals surface area (Å²) in [4.78, 5) is 25.6. The lowest BCUT2D eigenvalue weighted by Crippen LogP contribution is -2.16. The number of para-hydroxylation sites is 2. The van der Waals surface area contributed by atoms with Crippen LogP contribution in [0.25, 0.3) is 11.3 Å². The molecular formula is C24H18N2O3. The first kappa shape index (κ1) is 18.3. The first-order chi connectivity index (χ1) is 14.2. The number of anilines is 2. The van der Waals surface area contributed by atoms with Gasteiger partial charge >= 0.3 is 0 Å². The Labute approximate surface area is 168 Å². The Morgan fingerprint density at radius 1 is 0.621 bits per heavy atom. The number of carbonyl (C=O) groups is 2. The van der Waals surface area contributed by atoms with Crippen LogP contribution < -0.4 is 10.6 Å². The fourth-order valence-corrected chi connectivity index (χ4v) is 2.92. The van der Waals surface area contributed by atoms with Crippen molar-refractivity contribution in [2.75, 3.05) is 10.6 Å². The number of rotatable bonds is 5. The molecule has 0 aliphatic carbocycles. The molecule has 0 atom stereocenters. The Balaban J connectivity index is 1.67. The van der Waals surface area contributed by atoms with Crippen molar-refractivity contribution in [1.82, 2.24) is 0 Å². The van der Waals surface area contributed by atoms with Gasteiger partial charge in [0.1, 0.15) is 5.76 Å². The third-order valence-electron chi connectivity index (χ3n) is 4.33. The molecule has 0 unspecified atom stereocenters. The first-order valence-electron chi connectivity index (χ1n) is 9.11. The zero-order valence-corrected chi connectivity index (χ0v) is 15.5. The number of hydrogen-bond acceptors (Lipinski definition) is 3. The van der Waals surface area contributed by atoms with Crippen molar-refractivity contribution >= 4 is 23.2 Å². The van der Waals surface area contributed by atoms with Gasteiger partial charge in [-0.05, 0) is 54.6 Å². The van der Waals surface area contributed by atoms with E-state index in [1.165, 1.54) is 0 Å². The minimum Gasteiger partial charge on any atom is -0.464 e. The Kier molecular flexibility index (Phi) is 5.21. The number of amides is 2. The van der Waals surface area contributed by atoms with Crippen LogP contribution in [-0.2, 0) is 0 Å². The van der Waals surface area contributed by atoms with Gasteiger partial charge in [-0.3, -0.25) is 9.59 Å². The van der Waals surface area contributed by atoms with Gasteiger partial charge in [0.25, 0.3) is 11.8 Å². The summed E-state index contributed by atoms with van der Waals surface area (Å²) in [6, 6.07) is 26.8. The first-order valence-corrected chi connectivity index (χ1v) is 9.11. The van der Waals surface area contributed by atoms with Gasteiger partial charge in [-0.15, -0.1) is 0 Å². The van der Waals surface area contributed by atoms with Crippen LogP contribution in [0.4, 0.5) is 11.4 Å². The highest BCUT2D eigenvalue weighted by molar-refractivity contribution is 6.09. The van der Waals surface area contributed by atoms with Crippen molar-refractivity contribution in [3.8, 4) is 11.3 Å². The molecule has 3 aromatic carbocycles. The van der Waals surface area contributed by atoms with Crippen LogP contribution in [0.15, 0.2) is 102 Å². The molecule has 0 aliphatic heterocycles. The number of furan rings is 1. The van der Waals surface area contributed by atoms with E-state index in [2.05, 4.69) is 10.6 Å². The number of nitrogens with one attached hydrogen (secondary N) is 2. The Bertz CT molecular complexity index is 1050. The Morgan fingerprint density at radius 3 is 1.59 bits per heavy atom. The lowest BCUT2D eigenvalue weighted by molar-refractivity contribution is 0.102. The van der Waals surface area contributed by atoms with Crippen molar-refractivity contribution in [2.45, 2.75) is 0 Å². The Morgan fingerprint density at radius 2 is 1.14 bits per heavy atom. The molecule has 142 valence electrons. The van der Waals surface area contributed by atoms with Crippen molar-refractivity contribution in [3.63, 3.8) is 0 Å². The lowest BCUT2D eigenvalue weighted by atomic mass is 10.0. The maximum absolute atomic E-state index is 12.8. The molecule has 0 spiro atoms. The molecule has 1 heterocycles. The maximum atomic E-state index is 12.8. The van der Waals surface area contributed by atoms with Gasteiger partial charge in [0.2, 0.25) is 0 Å². The molecule has 0 saturated carbocycles. The third kappa shape index (κ3) is 4.42. The Hall–Kier alpha value is -4.12. The average Bonchev–Trinajstić information content (AvgIpc) is 3.30. The van der Waals surface area contributed by atoms with Crippen molar-refractivity contribution < 1.29 is 14.0 Å². The summed E-state index contributed by atoms with van der Waals surface area (Å²) in [5.74, 6) is -0.0372. The SMILES string of the molecule is O=C(Nc1ccccc1)c1cc(C(=O)Nc2ccccc2)cc(-c2ccco2)c1. The molecule has 1 aromatic heterocycles. The van der Waals surface area contributed by atoms with Crippen molar-refractivity contribution in [2.24, 2.45) is 0 Å². The second-order valence-electron chi connectivity index (χ2n) is 6.42. The summed E-state index contributed by atoms with van der Waals surface area (Å²) < 4.78 is 5.46. The van der Waals surface area contributed by atoms with Crippen molar-refractivity contribution in [3.05, 3.63) is 108 Å². The number of carbonyl (C=O) groups excluding carboxylic acids is 2. The monoisotopic (exact) mass is 382 g/mol. The van der Waals surface area contributed by atoms with Crippen LogP contribution in [0.2, 0.25) is 0 Å². The summed E-state index contributed by atoms with van der Waals surface area (Å²) in [7, 11) is 0. The highest BCUT2D eigenvalue weighted by Gasteiger charge is 2.15. The van der Waals surface area contributed by atoms with Gasteiger partial charge < -0.3 is 15.1 Å². The van der Waals surface area contributed by atoms with Crippen LogP contribution in [0, 0.1) is 0 Å². The molecule has 0 aliphatic rings. The van der Waals surface area contributed by atoms with E-state index in [4.69, 9.17) is 4.42 Å². The van der Waals surface area contributed by atoms with Gasteiger partial charge in [-0.2, -0.15) is 0 Å². The van der Waals surface area contributed by atoms with E-state index in [0.717, 1.165) is 0 Å². The van der Waals surface area contributed by atoms with Gasteiger partial charge in [0.15, 0.2) is 0 Å². The highest BCUT2D eigenvalue weighted by atomic mass is 16.3. The van der Waals surface area contributed by atoms with Gasteiger partial charge in [0.05, 0.1) is 6.26 Å². The van der Waals surface area contributed by atoms with E-state index >= 15 is 0 Å². The van der Waals surface area contributed by atoms with E-state index < -0.39 is 0 Å². The van der Waals surface area contributed by atoms with Crippen LogP contribution in [0.5, 0.6) is 0 Å². The summed E-state index contributed by atoms with van der Waals surface area (Å²) in [6.45, 7) is 0. The molecule has 2 amide bonds. The second kappa shape index (κ2) is 8.27. The molecule has 4 aromatic rings. The summed E-state index contributed by atoms with van der Waals surface area (Å²) in [6.07, 6.45) is 1.55. The van der Waals surface area contributed by atoms with Crippen LogP contribution in [-0.4, -0.2) is 11.8 Å². The third-order valence-corrected chi connectivity index (χ3v) is 4.33. The summed E-state index contributed by atoms with van der Waals surface area (Å²) >= 11 is 0. The molecule has 29 heavy (non-hydrogen) atoms. The molecule has 5 heteroatoms. The molecule has 0 fully saturated rings. The zero-order chi connectivity index (χ0) is 20.1. The number of benzene rings is 3. The van der Waals surface area contributed by atoms with Gasteiger partial charge in [0, 0.05) is 28.1 Å². The van der Waals surface area contributed by atoms with Crippen LogP contribution in [0.1, 0.15) is 20.7 Å². The van der Waals surface area contributed by atoms with Crippen molar-refractivity contribution in [1.29, 1.82) is 0 Å². The zero-order valence-electron chi connectivity index (χ0n) is 15.5.